The Balaban J connectivity index is 1.89. The molecule has 0 spiro atoms. The number of primary sulfonamides is 1. The second kappa shape index (κ2) is 7.51. The van der Waals surface area contributed by atoms with E-state index in [4.69, 9.17) is 10.2 Å². The van der Waals surface area contributed by atoms with Crippen molar-refractivity contribution in [2.75, 3.05) is 0 Å². The van der Waals surface area contributed by atoms with E-state index < -0.39 is 10.0 Å². The second-order valence-corrected chi connectivity index (χ2v) is 7.26. The molecule has 0 saturated carbocycles. The van der Waals surface area contributed by atoms with Crippen molar-refractivity contribution < 1.29 is 18.3 Å². The molecule has 0 radical (unpaired) electrons. The third-order valence-electron chi connectivity index (χ3n) is 2.97. The maximum atomic E-state index is 11.7. The lowest BCUT2D eigenvalue weighted by Crippen LogP contribution is -2.20. The van der Waals surface area contributed by atoms with Crippen molar-refractivity contribution in [1.82, 2.24) is 5.32 Å². The van der Waals surface area contributed by atoms with Gasteiger partial charge in [0.05, 0.1) is 11.5 Å². The van der Waals surface area contributed by atoms with E-state index in [0.717, 1.165) is 16.0 Å². The molecule has 0 aliphatic carbocycles. The van der Waals surface area contributed by atoms with Gasteiger partial charge >= 0.3 is 0 Å². The highest BCUT2D eigenvalue weighted by Gasteiger charge is 2.06. The first-order valence-electron chi connectivity index (χ1n) is 6.64. The van der Waals surface area contributed by atoms with Crippen LogP contribution in [0.5, 0.6) is 0 Å². The number of carbonyl (C=O) groups excluding carboxylic acids is 1. The number of sulfonamides is 1. The molecule has 0 bridgehead atoms. The molecule has 0 saturated heterocycles. The predicted molar refractivity (Wildman–Crippen MR) is 88.9 cm³/mol. The van der Waals surface area contributed by atoms with Crippen LogP contribution in [0.15, 0.2) is 46.7 Å². The average molecular weight is 352 g/mol. The normalized spacial score (nSPS) is 11.7. The highest BCUT2D eigenvalue weighted by Crippen LogP contribution is 2.16. The summed E-state index contributed by atoms with van der Waals surface area (Å²) in [5.41, 5.74) is 1.57. The molecule has 0 unspecified atom stereocenters. The molecule has 1 aromatic heterocycles. The van der Waals surface area contributed by atoms with Crippen molar-refractivity contribution in [3.63, 3.8) is 0 Å². The van der Waals surface area contributed by atoms with Crippen molar-refractivity contribution in [3.8, 4) is 0 Å². The number of nitrogens with one attached hydrogen (secondary N) is 1. The van der Waals surface area contributed by atoms with Crippen LogP contribution in [0.3, 0.4) is 0 Å². The zero-order chi connectivity index (χ0) is 16.9. The Bertz CT molecular complexity index is 808. The number of carbonyl (C=O) groups is 1. The van der Waals surface area contributed by atoms with Gasteiger partial charge in [0.15, 0.2) is 0 Å². The lowest BCUT2D eigenvalue weighted by atomic mass is 10.2. The van der Waals surface area contributed by atoms with Gasteiger partial charge in [0.2, 0.25) is 15.9 Å². The van der Waals surface area contributed by atoms with Gasteiger partial charge in [-0.1, -0.05) is 12.1 Å². The van der Waals surface area contributed by atoms with Crippen LogP contribution in [0.25, 0.3) is 6.08 Å². The SMILES string of the molecule is NS(=O)(=O)c1ccc(CNC(=O)/C=C/c2cc(CO)cs2)cc1. The molecular formula is C15H16N2O4S2. The van der Waals surface area contributed by atoms with E-state index >= 15 is 0 Å². The zero-order valence-corrected chi connectivity index (χ0v) is 13.7. The number of rotatable bonds is 6. The summed E-state index contributed by atoms with van der Waals surface area (Å²) in [7, 11) is -3.71. The van der Waals surface area contributed by atoms with Crippen molar-refractivity contribution in [3.05, 3.63) is 57.8 Å². The van der Waals surface area contributed by atoms with Crippen LogP contribution in [-0.2, 0) is 28.0 Å². The molecule has 8 heteroatoms. The van der Waals surface area contributed by atoms with E-state index in [1.807, 2.05) is 5.38 Å². The first-order chi connectivity index (χ1) is 10.9. The van der Waals surface area contributed by atoms with Gasteiger partial charge in [-0.25, -0.2) is 13.6 Å². The van der Waals surface area contributed by atoms with Crippen molar-refractivity contribution in [2.45, 2.75) is 18.0 Å². The Hall–Kier alpha value is -2.00. The van der Waals surface area contributed by atoms with Gasteiger partial charge in [-0.15, -0.1) is 11.3 Å². The van der Waals surface area contributed by atoms with Gasteiger partial charge < -0.3 is 10.4 Å². The molecule has 23 heavy (non-hydrogen) atoms. The van der Waals surface area contributed by atoms with Gasteiger partial charge in [-0.3, -0.25) is 4.79 Å². The minimum Gasteiger partial charge on any atom is -0.392 e. The fourth-order valence-corrected chi connectivity index (χ4v) is 3.08. The quantitative estimate of drug-likeness (QED) is 0.679. The molecule has 6 nitrogen and oxygen atoms in total. The number of benzene rings is 1. The van der Waals surface area contributed by atoms with Crippen LogP contribution in [0, 0.1) is 0 Å². The van der Waals surface area contributed by atoms with E-state index in [0.29, 0.717) is 0 Å². The van der Waals surface area contributed by atoms with Gasteiger partial charge in [0.1, 0.15) is 0 Å². The number of aliphatic hydroxyl groups excluding tert-OH is 1. The molecule has 0 atom stereocenters. The van der Waals surface area contributed by atoms with E-state index in [9.17, 15) is 13.2 Å². The lowest BCUT2D eigenvalue weighted by molar-refractivity contribution is -0.116. The zero-order valence-electron chi connectivity index (χ0n) is 12.1. The average Bonchev–Trinajstić information content (AvgIpc) is 2.98. The van der Waals surface area contributed by atoms with E-state index in [1.165, 1.54) is 29.5 Å². The van der Waals surface area contributed by atoms with Crippen molar-refractivity contribution >= 4 is 33.3 Å². The largest absolute Gasteiger partial charge is 0.392 e. The molecule has 122 valence electrons. The molecule has 0 aliphatic rings. The number of amides is 1. The monoisotopic (exact) mass is 352 g/mol. The smallest absolute Gasteiger partial charge is 0.244 e. The van der Waals surface area contributed by atoms with Crippen LogP contribution < -0.4 is 10.5 Å². The summed E-state index contributed by atoms with van der Waals surface area (Å²) in [4.78, 5) is 12.6. The number of hydrogen-bond donors (Lipinski definition) is 3. The Labute approximate surface area is 138 Å². The second-order valence-electron chi connectivity index (χ2n) is 4.76. The Kier molecular flexibility index (Phi) is 5.67. The van der Waals surface area contributed by atoms with E-state index in [1.54, 1.807) is 24.3 Å². The summed E-state index contributed by atoms with van der Waals surface area (Å²) in [6.07, 6.45) is 3.08. The summed E-state index contributed by atoms with van der Waals surface area (Å²) in [5.74, 6) is -0.264. The lowest BCUT2D eigenvalue weighted by Gasteiger charge is -2.03. The fourth-order valence-electron chi connectivity index (χ4n) is 1.77. The number of aliphatic hydroxyl groups is 1. The standard InChI is InChI=1S/C15H16N2O4S2/c16-23(20,21)14-4-1-11(2-5-14)8-17-15(19)6-3-13-7-12(9-18)10-22-13/h1-7,10,18H,8-9H2,(H,17,19)(H2,16,20,21)/b6-3+. The molecule has 4 N–H and O–H groups in total. The van der Waals surface area contributed by atoms with Crippen LogP contribution in [0.2, 0.25) is 0 Å². The molecule has 0 aliphatic heterocycles. The highest BCUT2D eigenvalue weighted by atomic mass is 32.2. The highest BCUT2D eigenvalue weighted by molar-refractivity contribution is 7.89. The summed E-state index contributed by atoms with van der Waals surface area (Å²) < 4.78 is 22.3. The van der Waals surface area contributed by atoms with E-state index in [-0.39, 0.29) is 24.0 Å². The molecule has 0 fully saturated rings. The maximum absolute atomic E-state index is 11.7. The third-order valence-corrected chi connectivity index (χ3v) is 4.85. The summed E-state index contributed by atoms with van der Waals surface area (Å²) in [6, 6.07) is 7.79. The molecular weight excluding hydrogens is 336 g/mol. The van der Waals surface area contributed by atoms with Crippen LogP contribution >= 0.6 is 11.3 Å². The Morgan fingerprint density at radius 1 is 1.26 bits per heavy atom. The van der Waals surface area contributed by atoms with Gasteiger partial charge in [0, 0.05) is 17.5 Å². The summed E-state index contributed by atoms with van der Waals surface area (Å²) in [5, 5.41) is 18.5. The molecule has 1 aromatic carbocycles. The molecule has 2 aromatic rings. The van der Waals surface area contributed by atoms with Crippen molar-refractivity contribution in [2.24, 2.45) is 5.14 Å². The first kappa shape index (κ1) is 17.4. The predicted octanol–water partition coefficient (Wildman–Crippen LogP) is 1.22. The Morgan fingerprint density at radius 3 is 2.52 bits per heavy atom. The molecule has 1 amide bonds. The maximum Gasteiger partial charge on any atom is 0.244 e. The minimum atomic E-state index is -3.71. The van der Waals surface area contributed by atoms with E-state index in [2.05, 4.69) is 5.32 Å². The number of thiophene rings is 1. The van der Waals surface area contributed by atoms with Gasteiger partial charge in [-0.05, 0) is 40.8 Å². The molecule has 2 rings (SSSR count). The van der Waals surface area contributed by atoms with Crippen LogP contribution in [-0.4, -0.2) is 19.4 Å². The van der Waals surface area contributed by atoms with Crippen molar-refractivity contribution in [1.29, 1.82) is 0 Å². The first-order valence-corrected chi connectivity index (χ1v) is 9.07. The van der Waals surface area contributed by atoms with Crippen LogP contribution in [0.4, 0.5) is 0 Å². The van der Waals surface area contributed by atoms with Crippen LogP contribution in [0.1, 0.15) is 16.0 Å². The minimum absolute atomic E-state index is 0.0228. The summed E-state index contributed by atoms with van der Waals surface area (Å²) in [6.45, 7) is 0.255. The van der Waals surface area contributed by atoms with Gasteiger partial charge in [-0.2, -0.15) is 0 Å². The third kappa shape index (κ3) is 5.29. The Morgan fingerprint density at radius 2 is 1.96 bits per heavy atom. The molecule has 1 heterocycles. The number of hydrogen-bond acceptors (Lipinski definition) is 5. The number of nitrogens with two attached hydrogens (primary N) is 1. The topological polar surface area (TPSA) is 109 Å². The summed E-state index contributed by atoms with van der Waals surface area (Å²) >= 11 is 1.44. The fraction of sp³-hybridized carbons (Fsp3) is 0.133. The van der Waals surface area contributed by atoms with Gasteiger partial charge in [0.25, 0.3) is 0 Å².